The number of hydrogen-bond donors (Lipinski definition) is 2. The summed E-state index contributed by atoms with van der Waals surface area (Å²) in [7, 11) is 3.22. The predicted molar refractivity (Wildman–Crippen MR) is 85.0 cm³/mol. The van der Waals surface area contributed by atoms with Gasteiger partial charge >= 0.3 is 5.97 Å². The Balaban J connectivity index is 2.22. The van der Waals surface area contributed by atoms with Crippen molar-refractivity contribution in [3.63, 3.8) is 0 Å². The second kappa shape index (κ2) is 6.85. The topological polar surface area (TPSA) is 67.8 Å². The molecule has 116 valence electrons. The number of rotatable bonds is 6. The van der Waals surface area contributed by atoms with Gasteiger partial charge in [0.2, 0.25) is 0 Å². The van der Waals surface area contributed by atoms with Gasteiger partial charge in [0, 0.05) is 17.8 Å². The van der Waals surface area contributed by atoms with Crippen LogP contribution in [-0.2, 0) is 6.54 Å². The van der Waals surface area contributed by atoms with Crippen molar-refractivity contribution in [2.24, 2.45) is 0 Å². The average Bonchev–Trinajstić information content (AvgIpc) is 2.53. The first-order valence-corrected chi connectivity index (χ1v) is 6.84. The van der Waals surface area contributed by atoms with E-state index in [1.54, 1.807) is 32.4 Å². The molecule has 0 amide bonds. The Morgan fingerprint density at radius 2 is 1.91 bits per heavy atom. The number of carboxylic acids is 1. The number of aryl methyl sites for hydroxylation is 1. The zero-order valence-electron chi connectivity index (χ0n) is 12.8. The van der Waals surface area contributed by atoms with Crippen LogP contribution in [0.5, 0.6) is 11.5 Å². The van der Waals surface area contributed by atoms with Crippen molar-refractivity contribution in [1.82, 2.24) is 0 Å². The average molecular weight is 301 g/mol. The summed E-state index contributed by atoms with van der Waals surface area (Å²) in [5, 5.41) is 12.3. The SMILES string of the molecule is COc1ccc(OC)c(CNc2cc(C(=O)O)ccc2C)c1. The Morgan fingerprint density at radius 3 is 2.55 bits per heavy atom. The van der Waals surface area contributed by atoms with Crippen molar-refractivity contribution in [3.05, 3.63) is 53.1 Å². The van der Waals surface area contributed by atoms with E-state index in [-0.39, 0.29) is 5.56 Å². The molecular weight excluding hydrogens is 282 g/mol. The normalized spacial score (nSPS) is 10.1. The molecule has 5 nitrogen and oxygen atoms in total. The first-order chi connectivity index (χ1) is 10.5. The van der Waals surface area contributed by atoms with Crippen molar-refractivity contribution in [2.45, 2.75) is 13.5 Å². The molecule has 0 saturated carbocycles. The number of ether oxygens (including phenoxy) is 2. The third-order valence-corrected chi connectivity index (χ3v) is 3.44. The Hall–Kier alpha value is -2.69. The van der Waals surface area contributed by atoms with E-state index in [1.807, 2.05) is 25.1 Å². The summed E-state index contributed by atoms with van der Waals surface area (Å²) in [5.41, 5.74) is 2.95. The van der Waals surface area contributed by atoms with Crippen LogP contribution in [0.1, 0.15) is 21.5 Å². The molecule has 0 heterocycles. The minimum Gasteiger partial charge on any atom is -0.497 e. The van der Waals surface area contributed by atoms with Crippen LogP contribution in [0.15, 0.2) is 36.4 Å². The number of anilines is 1. The van der Waals surface area contributed by atoms with E-state index < -0.39 is 5.97 Å². The lowest BCUT2D eigenvalue weighted by molar-refractivity contribution is 0.0697. The summed E-state index contributed by atoms with van der Waals surface area (Å²) in [5.74, 6) is 0.552. The second-order valence-electron chi connectivity index (χ2n) is 4.87. The summed E-state index contributed by atoms with van der Waals surface area (Å²) in [4.78, 5) is 11.1. The van der Waals surface area contributed by atoms with Crippen molar-refractivity contribution in [2.75, 3.05) is 19.5 Å². The molecule has 0 aliphatic carbocycles. The van der Waals surface area contributed by atoms with E-state index in [0.717, 1.165) is 28.3 Å². The molecule has 0 radical (unpaired) electrons. The fraction of sp³-hybridized carbons (Fsp3) is 0.235. The van der Waals surface area contributed by atoms with Crippen molar-refractivity contribution < 1.29 is 19.4 Å². The summed E-state index contributed by atoms with van der Waals surface area (Å²) < 4.78 is 10.6. The van der Waals surface area contributed by atoms with Crippen LogP contribution in [0, 0.1) is 6.92 Å². The van der Waals surface area contributed by atoms with Crippen LogP contribution in [0.25, 0.3) is 0 Å². The molecule has 0 bridgehead atoms. The van der Waals surface area contributed by atoms with E-state index in [9.17, 15) is 4.79 Å². The minimum absolute atomic E-state index is 0.255. The summed E-state index contributed by atoms with van der Waals surface area (Å²) in [6.45, 7) is 2.43. The van der Waals surface area contributed by atoms with E-state index in [4.69, 9.17) is 14.6 Å². The predicted octanol–water partition coefficient (Wildman–Crippen LogP) is 3.32. The maximum Gasteiger partial charge on any atom is 0.335 e. The zero-order valence-corrected chi connectivity index (χ0v) is 12.8. The van der Waals surface area contributed by atoms with Gasteiger partial charge in [-0.25, -0.2) is 4.79 Å². The molecule has 5 heteroatoms. The van der Waals surface area contributed by atoms with Crippen molar-refractivity contribution in [1.29, 1.82) is 0 Å². The van der Waals surface area contributed by atoms with Gasteiger partial charge in [-0.1, -0.05) is 6.07 Å². The number of nitrogens with one attached hydrogen (secondary N) is 1. The highest BCUT2D eigenvalue weighted by molar-refractivity contribution is 5.89. The fourth-order valence-corrected chi connectivity index (χ4v) is 2.16. The highest BCUT2D eigenvalue weighted by Crippen LogP contribution is 2.26. The van der Waals surface area contributed by atoms with Gasteiger partial charge in [0.15, 0.2) is 0 Å². The molecule has 0 aliphatic rings. The Morgan fingerprint density at radius 1 is 1.14 bits per heavy atom. The van der Waals surface area contributed by atoms with Gasteiger partial charge in [0.05, 0.1) is 19.8 Å². The van der Waals surface area contributed by atoms with E-state index in [0.29, 0.717) is 6.54 Å². The second-order valence-corrected chi connectivity index (χ2v) is 4.87. The van der Waals surface area contributed by atoms with Crippen LogP contribution < -0.4 is 14.8 Å². The summed E-state index contributed by atoms with van der Waals surface area (Å²) in [6, 6.07) is 10.6. The highest BCUT2D eigenvalue weighted by Gasteiger charge is 2.08. The molecule has 0 aromatic heterocycles. The van der Waals surface area contributed by atoms with Crippen LogP contribution in [-0.4, -0.2) is 25.3 Å². The molecule has 2 N–H and O–H groups in total. The van der Waals surface area contributed by atoms with Crippen molar-refractivity contribution in [3.8, 4) is 11.5 Å². The number of benzene rings is 2. The summed E-state index contributed by atoms with van der Waals surface area (Å²) >= 11 is 0. The van der Waals surface area contributed by atoms with Gasteiger partial charge in [0.25, 0.3) is 0 Å². The van der Waals surface area contributed by atoms with Gasteiger partial charge in [-0.2, -0.15) is 0 Å². The monoisotopic (exact) mass is 301 g/mol. The molecule has 2 aromatic carbocycles. The quantitative estimate of drug-likeness (QED) is 0.856. The lowest BCUT2D eigenvalue weighted by atomic mass is 10.1. The fourth-order valence-electron chi connectivity index (χ4n) is 2.16. The molecule has 0 fully saturated rings. The van der Waals surface area contributed by atoms with Gasteiger partial charge in [-0.05, 0) is 42.8 Å². The molecule has 0 aliphatic heterocycles. The van der Waals surface area contributed by atoms with Crippen LogP contribution in [0.2, 0.25) is 0 Å². The number of methoxy groups -OCH3 is 2. The van der Waals surface area contributed by atoms with E-state index in [2.05, 4.69) is 5.32 Å². The van der Waals surface area contributed by atoms with E-state index >= 15 is 0 Å². The smallest absolute Gasteiger partial charge is 0.335 e. The Bertz CT molecular complexity index is 682. The maximum absolute atomic E-state index is 11.1. The molecule has 0 unspecified atom stereocenters. The molecule has 0 atom stereocenters. The van der Waals surface area contributed by atoms with Gasteiger partial charge in [-0.3, -0.25) is 0 Å². The largest absolute Gasteiger partial charge is 0.497 e. The van der Waals surface area contributed by atoms with Gasteiger partial charge in [-0.15, -0.1) is 0 Å². The first kappa shape index (κ1) is 15.7. The molecule has 22 heavy (non-hydrogen) atoms. The molecule has 0 spiro atoms. The number of carbonyl (C=O) groups is 1. The third kappa shape index (κ3) is 3.49. The Labute approximate surface area is 129 Å². The Kier molecular flexibility index (Phi) is 4.88. The van der Waals surface area contributed by atoms with Gasteiger partial charge < -0.3 is 19.9 Å². The molecule has 0 saturated heterocycles. The van der Waals surface area contributed by atoms with Crippen LogP contribution in [0.4, 0.5) is 5.69 Å². The van der Waals surface area contributed by atoms with Crippen molar-refractivity contribution >= 4 is 11.7 Å². The maximum atomic E-state index is 11.1. The van der Waals surface area contributed by atoms with Crippen LogP contribution >= 0.6 is 0 Å². The van der Waals surface area contributed by atoms with Crippen LogP contribution in [0.3, 0.4) is 0 Å². The molecular formula is C17H19NO4. The third-order valence-electron chi connectivity index (χ3n) is 3.44. The molecule has 2 rings (SSSR count). The van der Waals surface area contributed by atoms with Gasteiger partial charge in [0.1, 0.15) is 11.5 Å². The number of aromatic carboxylic acids is 1. The van der Waals surface area contributed by atoms with E-state index in [1.165, 1.54) is 0 Å². The highest BCUT2D eigenvalue weighted by atomic mass is 16.5. The minimum atomic E-state index is -0.943. The lowest BCUT2D eigenvalue weighted by Gasteiger charge is -2.14. The summed E-state index contributed by atoms with van der Waals surface area (Å²) in [6.07, 6.45) is 0. The standard InChI is InChI=1S/C17H19NO4/c1-11-4-5-12(17(19)20)9-15(11)18-10-13-8-14(21-2)6-7-16(13)22-3/h4-9,18H,10H2,1-3H3,(H,19,20). The first-order valence-electron chi connectivity index (χ1n) is 6.84. The number of hydrogen-bond acceptors (Lipinski definition) is 4. The zero-order chi connectivity index (χ0) is 16.1. The lowest BCUT2D eigenvalue weighted by Crippen LogP contribution is -2.05. The molecule has 2 aromatic rings. The number of carboxylic acid groups (broad SMARTS) is 1.